The average Bonchev–Trinajstić information content (AvgIpc) is 2.87. The lowest BCUT2D eigenvalue weighted by molar-refractivity contribution is -0.133. The Hall–Kier alpha value is -7.39. The smallest absolute Gasteiger partial charge is 0.410 e. The zero-order valence-corrected chi connectivity index (χ0v) is 53.6. The van der Waals surface area contributed by atoms with Crippen molar-refractivity contribution in [2.75, 3.05) is 51.3 Å². The summed E-state index contributed by atoms with van der Waals surface area (Å²) in [6.45, 7) is 13.7. The van der Waals surface area contributed by atoms with Crippen LogP contribution in [0.4, 0.5) is 25.0 Å². The van der Waals surface area contributed by atoms with Crippen LogP contribution in [0.5, 0.6) is 11.8 Å². The van der Waals surface area contributed by atoms with E-state index in [1.807, 2.05) is 52.8 Å². The van der Waals surface area contributed by atoms with Gasteiger partial charge < -0.3 is 35.1 Å². The Morgan fingerprint density at radius 3 is 2.02 bits per heavy atom. The summed E-state index contributed by atoms with van der Waals surface area (Å²) in [5, 5.41) is 44.1. The SMILES string of the molecule is CC(=O)N1CC[C@H](n2nnc3c(O[C@@H](C)[C@@H]4CCCN4C)nc4c(F)c(-c5cccc6cccc(C#N)c56)c(Cl)cc4c32)C[C@H]1CC#N.C[C@H](Oc1nc2c(F)c(Br)c(Cl)cc2c(N[C@H]2CCN(C(=O)OC(C)(C)C)[C@H](CC#N)C2)c1N)[C@@H]1CCCN1C. The van der Waals surface area contributed by atoms with Crippen molar-refractivity contribution in [2.45, 2.75) is 160 Å². The maximum atomic E-state index is 17.1. The number of nitrogens with one attached hydrogen (secondary N) is 1. The molecule has 3 N–H and O–H groups in total. The Balaban J connectivity index is 0.000000198. The van der Waals surface area contributed by atoms with Crippen molar-refractivity contribution >= 4 is 106 Å². The first-order valence-electron chi connectivity index (χ1n) is 29.8. The van der Waals surface area contributed by atoms with Gasteiger partial charge >= 0.3 is 6.09 Å². The highest BCUT2D eigenvalue weighted by molar-refractivity contribution is 9.10. The third-order valence-corrected chi connectivity index (χ3v) is 19.2. The Labute approximate surface area is 528 Å². The summed E-state index contributed by atoms with van der Waals surface area (Å²) in [4.78, 5) is 42.3. The van der Waals surface area contributed by atoms with Crippen LogP contribution in [0.3, 0.4) is 0 Å². The first-order chi connectivity index (χ1) is 42.0. The molecule has 19 nitrogen and oxygen atoms in total. The van der Waals surface area contributed by atoms with Gasteiger partial charge in [-0.3, -0.25) is 14.6 Å². The summed E-state index contributed by atoms with van der Waals surface area (Å²) in [5.74, 6) is -1.01. The third-order valence-electron chi connectivity index (χ3n) is 17.6. The highest BCUT2D eigenvalue weighted by Crippen LogP contribution is 2.46. The highest BCUT2D eigenvalue weighted by Gasteiger charge is 2.38. The van der Waals surface area contributed by atoms with Crippen LogP contribution in [0, 0.1) is 45.6 Å². The van der Waals surface area contributed by atoms with Crippen LogP contribution >= 0.6 is 39.1 Å². The zero-order valence-electron chi connectivity index (χ0n) is 50.5. The number of likely N-dealkylation sites (tertiary alicyclic amines) is 4. The molecule has 4 fully saturated rings. The number of piperidine rings is 2. The Bertz CT molecular complexity index is 3970. The Morgan fingerprint density at radius 2 is 1.41 bits per heavy atom. The molecule has 2 amide bonds. The molecule has 462 valence electrons. The van der Waals surface area contributed by atoms with Gasteiger partial charge in [0.1, 0.15) is 40.0 Å². The zero-order chi connectivity index (χ0) is 63.0. The molecule has 8 atom stereocenters. The van der Waals surface area contributed by atoms with Crippen LogP contribution in [0.2, 0.25) is 10.0 Å². The minimum Gasteiger partial charge on any atom is -0.471 e. The van der Waals surface area contributed by atoms with Gasteiger partial charge in [0.15, 0.2) is 17.2 Å². The number of likely N-dealkylation sites (N-methyl/N-ethyl adjacent to an activating group) is 2. The van der Waals surface area contributed by atoms with Crippen molar-refractivity contribution in [1.82, 2.24) is 44.6 Å². The number of aromatic nitrogens is 5. The number of amides is 2. The molecule has 11 rings (SSSR count). The van der Waals surface area contributed by atoms with E-state index < -0.39 is 23.3 Å². The van der Waals surface area contributed by atoms with Crippen molar-refractivity contribution < 1.29 is 32.6 Å². The van der Waals surface area contributed by atoms with Gasteiger partial charge in [-0.2, -0.15) is 15.8 Å². The maximum absolute atomic E-state index is 17.1. The average molecular weight is 1310 g/mol. The molecule has 4 aliphatic rings. The second-order valence-electron chi connectivity index (χ2n) is 24.5. The van der Waals surface area contributed by atoms with Crippen molar-refractivity contribution in [1.29, 1.82) is 15.8 Å². The number of pyridine rings is 2. The van der Waals surface area contributed by atoms with Crippen LogP contribution in [-0.2, 0) is 9.53 Å². The molecule has 4 saturated heterocycles. The third kappa shape index (κ3) is 12.8. The molecular formula is C64H71BrCl2F2N14O5. The van der Waals surface area contributed by atoms with Crippen LogP contribution in [0.25, 0.3) is 54.7 Å². The fourth-order valence-corrected chi connectivity index (χ4v) is 14.1. The van der Waals surface area contributed by atoms with Crippen LogP contribution < -0.4 is 20.5 Å². The van der Waals surface area contributed by atoms with Crippen LogP contribution in [0.15, 0.2) is 53.0 Å². The van der Waals surface area contributed by atoms with E-state index >= 15 is 8.78 Å². The molecule has 0 saturated carbocycles. The number of nitrogen functional groups attached to an aromatic ring is 1. The number of anilines is 2. The first-order valence-corrected chi connectivity index (χ1v) is 31.3. The van der Waals surface area contributed by atoms with Gasteiger partial charge in [-0.1, -0.05) is 58.7 Å². The largest absolute Gasteiger partial charge is 0.471 e. The molecule has 0 radical (unpaired) electrons. The van der Waals surface area contributed by atoms with Crippen LogP contribution in [-0.4, -0.2) is 145 Å². The van der Waals surface area contributed by atoms with E-state index in [9.17, 15) is 25.4 Å². The molecule has 3 aromatic heterocycles. The summed E-state index contributed by atoms with van der Waals surface area (Å²) in [6, 6.07) is 20.1. The number of ether oxygens (including phenoxy) is 3. The number of hydrogen-bond donors (Lipinski definition) is 2. The molecule has 7 heterocycles. The molecule has 4 aromatic carbocycles. The predicted molar refractivity (Wildman–Crippen MR) is 339 cm³/mol. The number of fused-ring (bicyclic) bond motifs is 5. The van der Waals surface area contributed by atoms with E-state index in [-0.39, 0.29) is 116 Å². The molecule has 0 unspecified atom stereocenters. The lowest BCUT2D eigenvalue weighted by Crippen LogP contribution is -2.50. The van der Waals surface area contributed by atoms with E-state index in [1.54, 1.807) is 44.8 Å². The maximum Gasteiger partial charge on any atom is 0.410 e. The van der Waals surface area contributed by atoms with E-state index in [0.29, 0.717) is 82.8 Å². The Morgan fingerprint density at radius 1 is 0.807 bits per heavy atom. The summed E-state index contributed by atoms with van der Waals surface area (Å²) in [6.07, 6.45) is 5.59. The van der Waals surface area contributed by atoms with Crippen molar-refractivity contribution in [3.8, 4) is 41.1 Å². The monoisotopic (exact) mass is 1300 g/mol. The summed E-state index contributed by atoms with van der Waals surface area (Å²) >= 11 is 16.5. The molecule has 88 heavy (non-hydrogen) atoms. The van der Waals surface area contributed by atoms with Gasteiger partial charge in [0, 0.05) is 71.9 Å². The molecule has 0 aliphatic carbocycles. The lowest BCUT2D eigenvalue weighted by atomic mass is 9.93. The summed E-state index contributed by atoms with van der Waals surface area (Å²) in [7, 11) is 4.12. The minimum atomic E-state index is -0.647. The summed E-state index contributed by atoms with van der Waals surface area (Å²) in [5.41, 5.74) is 8.80. The number of benzene rings is 4. The fraction of sp³-hybridized carbons (Fsp3) is 0.484. The van der Waals surface area contributed by atoms with Crippen molar-refractivity contribution in [2.24, 2.45) is 0 Å². The number of nitriles is 3. The van der Waals surface area contributed by atoms with Crippen molar-refractivity contribution in [3.05, 3.63) is 80.2 Å². The van der Waals surface area contributed by atoms with E-state index in [4.69, 9.17) is 48.1 Å². The number of halogens is 5. The minimum absolute atomic E-state index is 0.0496. The van der Waals surface area contributed by atoms with E-state index in [2.05, 4.69) is 78.6 Å². The van der Waals surface area contributed by atoms with Gasteiger partial charge in [-0.05, 0) is 158 Å². The highest BCUT2D eigenvalue weighted by atomic mass is 79.9. The molecule has 0 bridgehead atoms. The fourth-order valence-electron chi connectivity index (χ4n) is 13.3. The first kappa shape index (κ1) is 63.6. The molecule has 0 spiro atoms. The number of hydrogen-bond acceptors (Lipinski definition) is 16. The van der Waals surface area contributed by atoms with E-state index in [0.717, 1.165) is 44.2 Å². The second kappa shape index (κ2) is 26.4. The standard InChI is InChI=1S/C36H34ClFN8O2.C28H37BrClFN6O3/c1-20(29-11-6-15-44(29)3)48-36-34-35(46(43-42-34)25-13-16-45(21(2)47)24(17-25)12-14-39)27-18-28(37)31(32(38)33(27)41-36)26-10-5-8-22-7-4-9-23(19-40)30(22)26;1-15(20-7-6-11-36(20)5)39-26-23(33)25(18-14-19(30)21(29)22(31)24(18)35-26)34-16-9-12-37(17(13-16)8-10-32)27(38)40-28(2,3)4/h4-5,7-10,18,20,24-25,29H,6,11-13,15-17H2,1-3H3;14-17,20H,6-9,11-13,33H2,1-5H3,(H,34,35)/t20-,24+,25-,29-;15-,16-,17+,20-/m00/s1. The van der Waals surface area contributed by atoms with E-state index in [1.165, 1.54) is 6.92 Å². The van der Waals surface area contributed by atoms with Crippen LogP contribution in [0.1, 0.15) is 117 Å². The second-order valence-corrected chi connectivity index (χ2v) is 26.1. The number of rotatable bonds is 12. The molecule has 4 aliphatic heterocycles. The predicted octanol–water partition coefficient (Wildman–Crippen LogP) is 13.1. The van der Waals surface area contributed by atoms with Gasteiger partial charge in [-0.15, -0.1) is 5.10 Å². The molecule has 7 aromatic rings. The number of carbonyl (C=O) groups excluding carboxylic acids is 2. The Kier molecular flexibility index (Phi) is 19.1. The van der Waals surface area contributed by atoms with Gasteiger partial charge in [-0.25, -0.2) is 28.2 Å². The van der Waals surface area contributed by atoms with Crippen molar-refractivity contribution in [3.63, 3.8) is 0 Å². The topological polar surface area (TPSA) is 241 Å². The lowest BCUT2D eigenvalue weighted by Gasteiger charge is -2.39. The molecule has 24 heteroatoms. The molecular weight excluding hydrogens is 1230 g/mol. The number of nitrogens with zero attached hydrogens (tertiary/aromatic N) is 12. The quantitative estimate of drug-likeness (QED) is 0.108. The normalized spacial score (nSPS) is 21.6. The number of nitrogens with two attached hydrogens (primary N) is 1. The number of carbonyl (C=O) groups is 2. The van der Waals surface area contributed by atoms with Gasteiger partial charge in [0.05, 0.1) is 62.9 Å². The summed E-state index contributed by atoms with van der Waals surface area (Å²) < 4.78 is 52.8. The van der Waals surface area contributed by atoms with Gasteiger partial charge in [0.2, 0.25) is 17.7 Å². The van der Waals surface area contributed by atoms with Gasteiger partial charge in [0.25, 0.3) is 0 Å².